The zero-order valence-corrected chi connectivity index (χ0v) is 19.8. The molecule has 32 heavy (non-hydrogen) atoms. The van der Waals surface area contributed by atoms with Gasteiger partial charge in [0.05, 0.1) is 18.7 Å². The highest BCUT2D eigenvalue weighted by molar-refractivity contribution is 7.80. The largest absolute Gasteiger partial charge is 0.376 e. The summed E-state index contributed by atoms with van der Waals surface area (Å²) in [6.45, 7) is 8.13. The normalized spacial score (nSPS) is 16.8. The van der Waals surface area contributed by atoms with Crippen molar-refractivity contribution in [3.63, 3.8) is 0 Å². The molecule has 3 aromatic rings. The van der Waals surface area contributed by atoms with Gasteiger partial charge in [-0.15, -0.1) is 0 Å². The molecule has 1 aromatic heterocycles. The second kappa shape index (κ2) is 9.84. The molecule has 0 unspecified atom stereocenters. The van der Waals surface area contributed by atoms with Crippen LogP contribution in [0, 0.1) is 13.8 Å². The van der Waals surface area contributed by atoms with Crippen molar-refractivity contribution < 1.29 is 4.74 Å². The molecule has 2 heterocycles. The molecule has 0 saturated carbocycles. The van der Waals surface area contributed by atoms with Crippen LogP contribution in [0.15, 0.2) is 53.3 Å². The second-order valence-corrected chi connectivity index (χ2v) is 9.13. The maximum atomic E-state index is 12.9. The number of rotatable bonds is 6. The first-order chi connectivity index (χ1) is 15.4. The summed E-state index contributed by atoms with van der Waals surface area (Å²) in [6.07, 6.45) is 2.21. The van der Waals surface area contributed by atoms with E-state index in [0.717, 1.165) is 30.4 Å². The Labute approximate surface area is 194 Å². The minimum Gasteiger partial charge on any atom is -0.376 e. The first-order valence-electron chi connectivity index (χ1n) is 11.3. The molecule has 1 fully saturated rings. The van der Waals surface area contributed by atoms with Gasteiger partial charge < -0.3 is 19.9 Å². The number of hydrogen-bond acceptors (Lipinski definition) is 3. The van der Waals surface area contributed by atoms with Crippen LogP contribution in [0.5, 0.6) is 0 Å². The fraction of sp³-hybridized carbons (Fsp3) is 0.385. The molecule has 6 heteroatoms. The molecule has 1 saturated heterocycles. The molecule has 4 rings (SSSR count). The van der Waals surface area contributed by atoms with Crippen molar-refractivity contribution in [2.75, 3.05) is 13.2 Å². The predicted octanol–water partition coefficient (Wildman–Crippen LogP) is 4.76. The van der Waals surface area contributed by atoms with Crippen molar-refractivity contribution in [1.82, 2.24) is 15.2 Å². The van der Waals surface area contributed by atoms with Crippen LogP contribution in [-0.4, -0.2) is 34.3 Å². The monoisotopic (exact) mass is 449 g/mol. The molecule has 2 aromatic carbocycles. The van der Waals surface area contributed by atoms with E-state index in [1.807, 2.05) is 30.3 Å². The van der Waals surface area contributed by atoms with Crippen molar-refractivity contribution in [2.45, 2.75) is 52.3 Å². The van der Waals surface area contributed by atoms with E-state index in [1.54, 1.807) is 0 Å². The third-order valence-corrected chi connectivity index (χ3v) is 6.65. The van der Waals surface area contributed by atoms with Gasteiger partial charge in [-0.1, -0.05) is 30.3 Å². The van der Waals surface area contributed by atoms with Gasteiger partial charge in [-0.05, 0) is 86.1 Å². The summed E-state index contributed by atoms with van der Waals surface area (Å²) >= 11 is 5.81. The zero-order chi connectivity index (χ0) is 22.7. The summed E-state index contributed by atoms with van der Waals surface area (Å²) in [7, 11) is 0. The highest BCUT2D eigenvalue weighted by atomic mass is 32.1. The van der Waals surface area contributed by atoms with Gasteiger partial charge in [0.1, 0.15) is 0 Å². The van der Waals surface area contributed by atoms with E-state index in [-0.39, 0.29) is 17.7 Å². The summed E-state index contributed by atoms with van der Waals surface area (Å²) in [6, 6.07) is 16.5. The predicted molar refractivity (Wildman–Crippen MR) is 134 cm³/mol. The summed E-state index contributed by atoms with van der Waals surface area (Å²) in [5.74, 6) is 0. The Kier molecular flexibility index (Phi) is 6.92. The molecule has 1 aliphatic heterocycles. The number of H-pyrrole nitrogens is 1. The SMILES string of the molecule is Cc1cc2cc(CN(C[C@@H]3CCCO3)C(=S)N[C@H](C)c3ccccc3)c(=O)[nH]c2cc1C. The number of hydrogen-bond donors (Lipinski definition) is 2. The van der Waals surface area contributed by atoms with Gasteiger partial charge in [0.15, 0.2) is 5.11 Å². The Morgan fingerprint density at radius 1 is 1.22 bits per heavy atom. The number of aryl methyl sites for hydroxylation is 2. The summed E-state index contributed by atoms with van der Waals surface area (Å²) in [4.78, 5) is 18.0. The Balaban J connectivity index is 1.58. The molecule has 2 atom stereocenters. The van der Waals surface area contributed by atoms with E-state index < -0.39 is 0 Å². The molecule has 0 radical (unpaired) electrons. The van der Waals surface area contributed by atoms with Gasteiger partial charge in [-0.3, -0.25) is 4.79 Å². The van der Waals surface area contributed by atoms with Gasteiger partial charge >= 0.3 is 0 Å². The molecule has 1 aliphatic rings. The molecule has 0 aliphatic carbocycles. The smallest absolute Gasteiger partial charge is 0.253 e. The number of nitrogens with one attached hydrogen (secondary N) is 2. The van der Waals surface area contributed by atoms with E-state index in [1.165, 1.54) is 16.7 Å². The quantitative estimate of drug-likeness (QED) is 0.532. The average molecular weight is 450 g/mol. The first-order valence-corrected chi connectivity index (χ1v) is 11.7. The standard InChI is InChI=1S/C26H31N3O2S/c1-17-12-21-14-22(25(30)28-24(21)13-18(17)2)15-29(16-23-10-7-11-31-23)26(32)27-19(3)20-8-5-4-6-9-20/h4-6,8-9,12-14,19,23H,7,10-11,15-16H2,1-3H3,(H,27,32)(H,28,30)/t19-,23+/m1/s1. The van der Waals surface area contributed by atoms with Gasteiger partial charge in [-0.25, -0.2) is 0 Å². The third-order valence-electron chi connectivity index (χ3n) is 6.27. The summed E-state index contributed by atoms with van der Waals surface area (Å²) < 4.78 is 5.88. The number of fused-ring (bicyclic) bond motifs is 1. The molecule has 2 N–H and O–H groups in total. The van der Waals surface area contributed by atoms with Crippen LogP contribution < -0.4 is 10.9 Å². The molecular formula is C26H31N3O2S. The number of aromatic nitrogens is 1. The average Bonchev–Trinajstić information content (AvgIpc) is 3.29. The summed E-state index contributed by atoms with van der Waals surface area (Å²) in [5, 5.41) is 5.13. The van der Waals surface area contributed by atoms with E-state index in [2.05, 4.69) is 54.2 Å². The fourth-order valence-corrected chi connectivity index (χ4v) is 4.52. The van der Waals surface area contributed by atoms with Crippen LogP contribution >= 0.6 is 12.2 Å². The lowest BCUT2D eigenvalue weighted by molar-refractivity contribution is 0.0895. The Morgan fingerprint density at radius 2 is 1.97 bits per heavy atom. The molecule has 168 valence electrons. The maximum Gasteiger partial charge on any atom is 0.253 e. The number of benzene rings is 2. The minimum absolute atomic E-state index is 0.0659. The molecule has 5 nitrogen and oxygen atoms in total. The number of aromatic amines is 1. The van der Waals surface area contributed by atoms with E-state index >= 15 is 0 Å². The highest BCUT2D eigenvalue weighted by Gasteiger charge is 2.23. The van der Waals surface area contributed by atoms with E-state index in [4.69, 9.17) is 17.0 Å². The minimum atomic E-state index is -0.0722. The van der Waals surface area contributed by atoms with E-state index in [0.29, 0.717) is 23.8 Å². The lowest BCUT2D eigenvalue weighted by Gasteiger charge is -2.30. The fourth-order valence-electron chi connectivity index (χ4n) is 4.20. The van der Waals surface area contributed by atoms with Gasteiger partial charge in [0.2, 0.25) is 0 Å². The van der Waals surface area contributed by atoms with Crippen LogP contribution in [0.2, 0.25) is 0 Å². The lowest BCUT2D eigenvalue weighted by atomic mass is 10.0. The lowest BCUT2D eigenvalue weighted by Crippen LogP contribution is -2.44. The Morgan fingerprint density at radius 3 is 2.69 bits per heavy atom. The van der Waals surface area contributed by atoms with Crippen molar-refractivity contribution in [3.05, 3.63) is 81.1 Å². The topological polar surface area (TPSA) is 57.4 Å². The second-order valence-electron chi connectivity index (χ2n) is 8.74. The zero-order valence-electron chi connectivity index (χ0n) is 19.0. The summed E-state index contributed by atoms with van der Waals surface area (Å²) in [5.41, 5.74) is 5.04. The molecule has 0 bridgehead atoms. The van der Waals surface area contributed by atoms with Crippen LogP contribution in [-0.2, 0) is 11.3 Å². The van der Waals surface area contributed by atoms with Crippen molar-refractivity contribution >= 4 is 28.2 Å². The van der Waals surface area contributed by atoms with Gasteiger partial charge in [-0.2, -0.15) is 0 Å². The van der Waals surface area contributed by atoms with Crippen LogP contribution in [0.1, 0.15) is 48.1 Å². The van der Waals surface area contributed by atoms with E-state index in [9.17, 15) is 4.79 Å². The number of pyridine rings is 1. The third kappa shape index (κ3) is 5.19. The molecule has 0 spiro atoms. The number of thiocarbonyl (C=S) groups is 1. The first kappa shape index (κ1) is 22.5. The number of ether oxygens (including phenoxy) is 1. The molecular weight excluding hydrogens is 418 g/mol. The van der Waals surface area contributed by atoms with Crippen molar-refractivity contribution in [3.8, 4) is 0 Å². The van der Waals surface area contributed by atoms with Crippen molar-refractivity contribution in [1.29, 1.82) is 0 Å². The Hall–Kier alpha value is -2.70. The van der Waals surface area contributed by atoms with Crippen LogP contribution in [0.25, 0.3) is 10.9 Å². The van der Waals surface area contributed by atoms with Crippen molar-refractivity contribution in [2.24, 2.45) is 0 Å². The number of nitrogens with zero attached hydrogens (tertiary/aromatic N) is 1. The van der Waals surface area contributed by atoms with Gasteiger partial charge in [0.25, 0.3) is 5.56 Å². The Bertz CT molecular complexity index is 1150. The van der Waals surface area contributed by atoms with Gasteiger partial charge in [0, 0.05) is 24.2 Å². The molecule has 0 amide bonds. The maximum absolute atomic E-state index is 12.9. The van der Waals surface area contributed by atoms with Crippen LogP contribution in [0.4, 0.5) is 0 Å². The highest BCUT2D eigenvalue weighted by Crippen LogP contribution is 2.20. The van der Waals surface area contributed by atoms with Crippen LogP contribution in [0.3, 0.4) is 0 Å².